The van der Waals surface area contributed by atoms with Crippen molar-refractivity contribution in [2.45, 2.75) is 43.6 Å². The second kappa shape index (κ2) is 4.21. The summed E-state index contributed by atoms with van der Waals surface area (Å²) in [4.78, 5) is 4.78. The molecule has 0 aliphatic carbocycles. The van der Waals surface area contributed by atoms with Crippen molar-refractivity contribution in [3.05, 3.63) is 0 Å². The van der Waals surface area contributed by atoms with Gasteiger partial charge in [-0.15, -0.1) is 0 Å². The SMILES string of the molecule is CCCC1=NC2(CN)CCCOC2S1. The van der Waals surface area contributed by atoms with Gasteiger partial charge in [-0.1, -0.05) is 25.1 Å². The molecule has 4 heteroatoms. The standard InChI is InChI=1S/C10H18N2OS/c1-2-4-8-12-10(7-11)5-3-6-13-9(10)14-8/h9H,2-7,11H2,1H3. The fourth-order valence-corrected chi connectivity index (χ4v) is 3.52. The Labute approximate surface area is 89.5 Å². The molecular weight excluding hydrogens is 196 g/mol. The van der Waals surface area contributed by atoms with Crippen molar-refractivity contribution in [1.82, 2.24) is 0 Å². The van der Waals surface area contributed by atoms with Gasteiger partial charge in [0.25, 0.3) is 0 Å². The predicted molar refractivity (Wildman–Crippen MR) is 60.7 cm³/mol. The monoisotopic (exact) mass is 214 g/mol. The molecule has 1 fully saturated rings. The largest absolute Gasteiger partial charge is 0.365 e. The molecule has 2 heterocycles. The first-order valence-electron chi connectivity index (χ1n) is 5.38. The topological polar surface area (TPSA) is 47.6 Å². The molecule has 2 aliphatic heterocycles. The Balaban J connectivity index is 2.13. The first-order chi connectivity index (χ1) is 6.80. The highest BCUT2D eigenvalue weighted by Crippen LogP contribution is 2.42. The van der Waals surface area contributed by atoms with Gasteiger partial charge in [0.2, 0.25) is 0 Å². The summed E-state index contributed by atoms with van der Waals surface area (Å²) in [6.45, 7) is 3.67. The Morgan fingerprint density at radius 3 is 3.21 bits per heavy atom. The van der Waals surface area contributed by atoms with Crippen LogP contribution in [0.25, 0.3) is 0 Å². The van der Waals surface area contributed by atoms with E-state index in [2.05, 4.69) is 6.92 Å². The molecule has 0 aromatic carbocycles. The summed E-state index contributed by atoms with van der Waals surface area (Å²) in [7, 11) is 0. The Bertz CT molecular complexity index is 244. The van der Waals surface area contributed by atoms with Crippen molar-refractivity contribution in [2.75, 3.05) is 13.2 Å². The summed E-state index contributed by atoms with van der Waals surface area (Å²) in [6.07, 6.45) is 4.41. The van der Waals surface area contributed by atoms with Gasteiger partial charge in [-0.3, -0.25) is 4.99 Å². The van der Waals surface area contributed by atoms with Crippen LogP contribution in [0.5, 0.6) is 0 Å². The molecule has 0 bridgehead atoms. The van der Waals surface area contributed by atoms with Crippen molar-refractivity contribution in [3.8, 4) is 0 Å². The number of rotatable bonds is 3. The number of hydrogen-bond donors (Lipinski definition) is 1. The number of thioether (sulfide) groups is 1. The Kier molecular flexibility index (Phi) is 3.14. The minimum Gasteiger partial charge on any atom is -0.365 e. The van der Waals surface area contributed by atoms with Crippen LogP contribution in [-0.4, -0.2) is 29.2 Å². The van der Waals surface area contributed by atoms with Gasteiger partial charge in [-0.2, -0.15) is 0 Å². The predicted octanol–water partition coefficient (Wildman–Crippen LogP) is 1.77. The van der Waals surface area contributed by atoms with E-state index in [1.54, 1.807) is 11.8 Å². The van der Waals surface area contributed by atoms with E-state index in [9.17, 15) is 0 Å². The molecule has 0 radical (unpaired) electrons. The van der Waals surface area contributed by atoms with E-state index >= 15 is 0 Å². The van der Waals surface area contributed by atoms with E-state index in [1.165, 1.54) is 5.04 Å². The van der Waals surface area contributed by atoms with Crippen molar-refractivity contribution < 1.29 is 4.74 Å². The lowest BCUT2D eigenvalue weighted by Crippen LogP contribution is -2.47. The summed E-state index contributed by atoms with van der Waals surface area (Å²) in [5.41, 5.74) is 5.94. The fourth-order valence-electron chi connectivity index (χ4n) is 2.06. The summed E-state index contributed by atoms with van der Waals surface area (Å²) < 4.78 is 5.74. The molecule has 3 nitrogen and oxygen atoms in total. The number of nitrogens with two attached hydrogens (primary N) is 1. The molecule has 14 heavy (non-hydrogen) atoms. The normalized spacial score (nSPS) is 36.7. The quantitative estimate of drug-likeness (QED) is 0.779. The third-order valence-electron chi connectivity index (χ3n) is 2.87. The van der Waals surface area contributed by atoms with Crippen molar-refractivity contribution in [3.63, 3.8) is 0 Å². The van der Waals surface area contributed by atoms with Crippen LogP contribution in [0.3, 0.4) is 0 Å². The first-order valence-corrected chi connectivity index (χ1v) is 6.26. The molecule has 2 rings (SSSR count). The van der Waals surface area contributed by atoms with Crippen molar-refractivity contribution >= 4 is 16.8 Å². The first kappa shape index (κ1) is 10.5. The lowest BCUT2D eigenvalue weighted by atomic mass is 9.93. The number of aliphatic imine (C=N–C) groups is 1. The zero-order valence-electron chi connectivity index (χ0n) is 8.66. The second-order valence-electron chi connectivity index (χ2n) is 3.99. The number of nitrogens with zero attached hydrogens (tertiary/aromatic N) is 1. The Hall–Kier alpha value is -0.0600. The lowest BCUT2D eigenvalue weighted by Gasteiger charge is -2.34. The molecule has 2 aliphatic rings. The van der Waals surface area contributed by atoms with E-state index < -0.39 is 0 Å². The van der Waals surface area contributed by atoms with Gasteiger partial charge in [-0.25, -0.2) is 0 Å². The van der Waals surface area contributed by atoms with E-state index in [-0.39, 0.29) is 11.0 Å². The zero-order chi connectivity index (χ0) is 10.0. The summed E-state index contributed by atoms with van der Waals surface area (Å²) in [5.74, 6) is 0. The smallest absolute Gasteiger partial charge is 0.135 e. The fraction of sp³-hybridized carbons (Fsp3) is 0.900. The third kappa shape index (κ3) is 1.71. The van der Waals surface area contributed by atoms with Gasteiger partial charge < -0.3 is 10.5 Å². The molecule has 0 spiro atoms. The number of fused-ring (bicyclic) bond motifs is 1. The third-order valence-corrected chi connectivity index (χ3v) is 4.23. The van der Waals surface area contributed by atoms with Crippen LogP contribution in [0.1, 0.15) is 32.6 Å². The van der Waals surface area contributed by atoms with E-state index in [0.717, 1.165) is 32.3 Å². The maximum atomic E-state index is 5.84. The molecule has 80 valence electrons. The summed E-state index contributed by atoms with van der Waals surface area (Å²) in [5, 5.41) is 1.24. The molecule has 2 unspecified atom stereocenters. The molecule has 2 atom stereocenters. The highest BCUT2D eigenvalue weighted by Gasteiger charge is 2.46. The van der Waals surface area contributed by atoms with E-state index in [1.807, 2.05) is 0 Å². The molecule has 2 N–H and O–H groups in total. The highest BCUT2D eigenvalue weighted by atomic mass is 32.2. The average molecular weight is 214 g/mol. The molecule has 0 aromatic heterocycles. The van der Waals surface area contributed by atoms with Gasteiger partial charge in [0, 0.05) is 13.2 Å². The molecule has 0 saturated carbocycles. The van der Waals surface area contributed by atoms with Crippen LogP contribution >= 0.6 is 11.8 Å². The van der Waals surface area contributed by atoms with Crippen LogP contribution in [0.15, 0.2) is 4.99 Å². The van der Waals surface area contributed by atoms with Gasteiger partial charge in [0.1, 0.15) is 11.0 Å². The van der Waals surface area contributed by atoms with Crippen LogP contribution < -0.4 is 5.73 Å². The molecular formula is C10H18N2OS. The van der Waals surface area contributed by atoms with Crippen molar-refractivity contribution in [1.29, 1.82) is 0 Å². The van der Waals surface area contributed by atoms with Gasteiger partial charge in [0.05, 0.1) is 5.04 Å². The van der Waals surface area contributed by atoms with E-state index in [4.69, 9.17) is 15.5 Å². The summed E-state index contributed by atoms with van der Waals surface area (Å²) in [6, 6.07) is 0. The molecule has 1 saturated heterocycles. The average Bonchev–Trinajstić information content (AvgIpc) is 2.57. The van der Waals surface area contributed by atoms with Gasteiger partial charge in [-0.05, 0) is 19.3 Å². The Morgan fingerprint density at radius 2 is 2.57 bits per heavy atom. The van der Waals surface area contributed by atoms with Crippen LogP contribution in [0.2, 0.25) is 0 Å². The number of ether oxygens (including phenoxy) is 1. The summed E-state index contributed by atoms with van der Waals surface area (Å²) >= 11 is 1.79. The van der Waals surface area contributed by atoms with Gasteiger partial charge in [0.15, 0.2) is 0 Å². The second-order valence-corrected chi connectivity index (χ2v) is 5.12. The number of hydrogen-bond acceptors (Lipinski definition) is 4. The lowest BCUT2D eigenvalue weighted by molar-refractivity contribution is 0.0217. The minimum atomic E-state index is -0.0899. The minimum absolute atomic E-state index is 0.0899. The maximum absolute atomic E-state index is 5.84. The zero-order valence-corrected chi connectivity index (χ0v) is 9.48. The highest BCUT2D eigenvalue weighted by molar-refractivity contribution is 8.14. The van der Waals surface area contributed by atoms with Crippen LogP contribution in [-0.2, 0) is 4.74 Å². The Morgan fingerprint density at radius 1 is 1.71 bits per heavy atom. The molecule has 0 amide bonds. The van der Waals surface area contributed by atoms with E-state index in [0.29, 0.717) is 6.54 Å². The van der Waals surface area contributed by atoms with Crippen LogP contribution in [0.4, 0.5) is 0 Å². The van der Waals surface area contributed by atoms with Gasteiger partial charge >= 0.3 is 0 Å². The molecule has 0 aromatic rings. The van der Waals surface area contributed by atoms with Crippen LogP contribution in [0, 0.1) is 0 Å². The maximum Gasteiger partial charge on any atom is 0.135 e. The van der Waals surface area contributed by atoms with Crippen molar-refractivity contribution in [2.24, 2.45) is 10.7 Å².